The molecule has 1 fully saturated rings. The molecule has 1 aliphatic rings. The van der Waals surface area contributed by atoms with Crippen LogP contribution in [0.15, 0.2) is 42.7 Å². The van der Waals surface area contributed by atoms with Gasteiger partial charge in [0.1, 0.15) is 5.01 Å². The zero-order valence-electron chi connectivity index (χ0n) is 16.2. The SMILES string of the molecule is C[C@H](c1nc2ccccc2s1)N(C)CC(=O)N1CCN(c2ncccn2)CC1. The molecule has 0 unspecified atom stereocenters. The fourth-order valence-electron chi connectivity index (χ4n) is 3.32. The number of nitrogens with zero attached hydrogens (tertiary/aromatic N) is 6. The van der Waals surface area contributed by atoms with Crippen LogP contribution in [-0.2, 0) is 4.79 Å². The number of fused-ring (bicyclic) bond motifs is 1. The van der Waals surface area contributed by atoms with Gasteiger partial charge in [-0.25, -0.2) is 15.0 Å². The monoisotopic (exact) mass is 396 g/mol. The highest BCUT2D eigenvalue weighted by molar-refractivity contribution is 7.18. The third-order valence-electron chi connectivity index (χ3n) is 5.18. The third-order valence-corrected chi connectivity index (χ3v) is 6.39. The lowest BCUT2D eigenvalue weighted by atomic mass is 10.2. The van der Waals surface area contributed by atoms with Gasteiger partial charge >= 0.3 is 0 Å². The highest BCUT2D eigenvalue weighted by Gasteiger charge is 2.25. The van der Waals surface area contributed by atoms with E-state index in [4.69, 9.17) is 4.98 Å². The van der Waals surface area contributed by atoms with E-state index < -0.39 is 0 Å². The van der Waals surface area contributed by atoms with Crippen molar-refractivity contribution in [1.29, 1.82) is 0 Å². The van der Waals surface area contributed by atoms with E-state index in [9.17, 15) is 4.79 Å². The molecule has 1 atom stereocenters. The number of aromatic nitrogens is 3. The molecule has 0 aliphatic carbocycles. The molecule has 0 saturated carbocycles. The Morgan fingerprint density at radius 2 is 1.86 bits per heavy atom. The van der Waals surface area contributed by atoms with Gasteiger partial charge in [-0.1, -0.05) is 12.1 Å². The summed E-state index contributed by atoms with van der Waals surface area (Å²) in [5.74, 6) is 0.889. The van der Waals surface area contributed by atoms with Gasteiger partial charge in [0.05, 0.1) is 22.8 Å². The van der Waals surface area contributed by atoms with Crippen molar-refractivity contribution in [3.63, 3.8) is 0 Å². The topological polar surface area (TPSA) is 65.5 Å². The summed E-state index contributed by atoms with van der Waals surface area (Å²) >= 11 is 1.70. The number of thiazole rings is 1. The number of hydrogen-bond donors (Lipinski definition) is 0. The molecular formula is C20H24N6OS. The second kappa shape index (κ2) is 8.20. The smallest absolute Gasteiger partial charge is 0.236 e. The average Bonchev–Trinajstić information content (AvgIpc) is 3.18. The van der Waals surface area contributed by atoms with Gasteiger partial charge in [0.2, 0.25) is 11.9 Å². The van der Waals surface area contributed by atoms with Crippen LogP contribution in [0.1, 0.15) is 18.0 Å². The van der Waals surface area contributed by atoms with Gasteiger partial charge in [-0.15, -0.1) is 11.3 Å². The molecule has 1 saturated heterocycles. The number of benzene rings is 1. The molecule has 1 aromatic carbocycles. The maximum Gasteiger partial charge on any atom is 0.236 e. The summed E-state index contributed by atoms with van der Waals surface area (Å²) in [5.41, 5.74) is 1.02. The molecule has 28 heavy (non-hydrogen) atoms. The number of hydrogen-bond acceptors (Lipinski definition) is 7. The lowest BCUT2D eigenvalue weighted by Gasteiger charge is -2.35. The summed E-state index contributed by atoms with van der Waals surface area (Å²) in [7, 11) is 1.99. The first-order valence-corrected chi connectivity index (χ1v) is 10.3. The third kappa shape index (κ3) is 3.98. The minimum absolute atomic E-state index is 0.0976. The zero-order chi connectivity index (χ0) is 19.5. The van der Waals surface area contributed by atoms with Crippen molar-refractivity contribution in [2.45, 2.75) is 13.0 Å². The van der Waals surface area contributed by atoms with Crippen LogP contribution >= 0.6 is 11.3 Å². The first-order chi connectivity index (χ1) is 13.6. The standard InChI is InChI=1S/C20H24N6OS/c1-15(19-23-16-6-3-4-7-17(16)28-19)24(2)14-18(27)25-10-12-26(13-11-25)20-21-8-5-9-22-20/h3-9,15H,10-14H2,1-2H3/t15-/m1/s1. The van der Waals surface area contributed by atoms with Gasteiger partial charge in [0.15, 0.2) is 0 Å². The molecule has 3 aromatic rings. The van der Waals surface area contributed by atoms with Gasteiger partial charge in [-0.05, 0) is 32.2 Å². The van der Waals surface area contributed by atoms with E-state index in [0.717, 1.165) is 29.6 Å². The van der Waals surface area contributed by atoms with Crippen LogP contribution in [0.3, 0.4) is 0 Å². The van der Waals surface area contributed by atoms with Crippen molar-refractivity contribution >= 4 is 33.4 Å². The summed E-state index contributed by atoms with van der Waals surface area (Å²) < 4.78 is 1.18. The molecule has 0 spiro atoms. The molecule has 1 amide bonds. The van der Waals surface area contributed by atoms with Crippen LogP contribution < -0.4 is 4.90 Å². The van der Waals surface area contributed by atoms with Crippen LogP contribution in [-0.4, -0.2) is 70.4 Å². The summed E-state index contributed by atoms with van der Waals surface area (Å²) in [4.78, 5) is 32.2. The van der Waals surface area contributed by atoms with E-state index in [1.807, 2.05) is 36.2 Å². The molecule has 8 heteroatoms. The number of carbonyl (C=O) groups excluding carboxylic acids is 1. The Balaban J connectivity index is 1.33. The van der Waals surface area contributed by atoms with Crippen LogP contribution in [0, 0.1) is 0 Å². The quantitative estimate of drug-likeness (QED) is 0.660. The molecule has 4 rings (SSSR count). The number of rotatable bonds is 5. The summed E-state index contributed by atoms with van der Waals surface area (Å²) in [6, 6.07) is 10.1. The summed E-state index contributed by atoms with van der Waals surface area (Å²) in [6.45, 7) is 5.40. The molecule has 146 valence electrons. The highest BCUT2D eigenvalue weighted by atomic mass is 32.1. The molecule has 0 bridgehead atoms. The zero-order valence-corrected chi connectivity index (χ0v) is 17.0. The number of anilines is 1. The number of para-hydroxylation sites is 1. The Bertz CT molecular complexity index is 905. The lowest BCUT2D eigenvalue weighted by Crippen LogP contribution is -2.51. The maximum atomic E-state index is 12.8. The molecule has 1 aliphatic heterocycles. The van der Waals surface area contributed by atoms with Crippen LogP contribution in [0.2, 0.25) is 0 Å². The fourth-order valence-corrected chi connectivity index (χ4v) is 4.40. The van der Waals surface area contributed by atoms with Crippen molar-refractivity contribution in [1.82, 2.24) is 24.8 Å². The largest absolute Gasteiger partial charge is 0.338 e. The van der Waals surface area contributed by atoms with Crippen LogP contribution in [0.25, 0.3) is 10.2 Å². The Labute approximate surface area is 168 Å². The Morgan fingerprint density at radius 3 is 2.57 bits per heavy atom. The number of piperazine rings is 1. The van der Waals surface area contributed by atoms with Gasteiger partial charge in [-0.3, -0.25) is 9.69 Å². The predicted molar refractivity (Wildman–Crippen MR) is 111 cm³/mol. The van der Waals surface area contributed by atoms with Crippen molar-refractivity contribution in [3.8, 4) is 0 Å². The van der Waals surface area contributed by atoms with Gasteiger partial charge < -0.3 is 9.80 Å². The highest BCUT2D eigenvalue weighted by Crippen LogP contribution is 2.28. The van der Waals surface area contributed by atoms with E-state index in [1.165, 1.54) is 4.70 Å². The molecule has 0 radical (unpaired) electrons. The summed E-state index contributed by atoms with van der Waals surface area (Å²) in [6.07, 6.45) is 3.50. The fraction of sp³-hybridized carbons (Fsp3) is 0.400. The van der Waals surface area contributed by atoms with E-state index in [-0.39, 0.29) is 11.9 Å². The van der Waals surface area contributed by atoms with Crippen molar-refractivity contribution in [2.75, 3.05) is 44.7 Å². The second-order valence-corrected chi connectivity index (χ2v) is 8.09. The minimum Gasteiger partial charge on any atom is -0.338 e. The van der Waals surface area contributed by atoms with Gasteiger partial charge in [-0.2, -0.15) is 0 Å². The normalized spacial score (nSPS) is 16.0. The van der Waals surface area contributed by atoms with Crippen LogP contribution in [0.5, 0.6) is 0 Å². The number of carbonyl (C=O) groups is 1. The predicted octanol–water partition coefficient (Wildman–Crippen LogP) is 2.43. The Kier molecular flexibility index (Phi) is 5.50. The van der Waals surface area contributed by atoms with Crippen molar-refractivity contribution in [3.05, 3.63) is 47.7 Å². The first kappa shape index (κ1) is 18.8. The molecule has 3 heterocycles. The Hall–Kier alpha value is -2.58. The van der Waals surface area contributed by atoms with Gasteiger partial charge in [0.25, 0.3) is 0 Å². The summed E-state index contributed by atoms with van der Waals surface area (Å²) in [5, 5.41) is 1.04. The molecular weight excluding hydrogens is 372 g/mol. The van der Waals surface area contributed by atoms with E-state index in [1.54, 1.807) is 23.7 Å². The molecule has 0 N–H and O–H groups in total. The van der Waals surface area contributed by atoms with E-state index in [2.05, 4.69) is 32.8 Å². The average molecular weight is 397 g/mol. The molecule has 7 nitrogen and oxygen atoms in total. The van der Waals surface area contributed by atoms with E-state index in [0.29, 0.717) is 19.6 Å². The minimum atomic E-state index is 0.0976. The lowest BCUT2D eigenvalue weighted by molar-refractivity contribution is -0.132. The number of likely N-dealkylation sites (N-methyl/N-ethyl adjacent to an activating group) is 1. The molecule has 2 aromatic heterocycles. The Morgan fingerprint density at radius 1 is 1.14 bits per heavy atom. The second-order valence-electron chi connectivity index (χ2n) is 7.03. The van der Waals surface area contributed by atoms with Crippen molar-refractivity contribution < 1.29 is 4.79 Å². The number of amides is 1. The van der Waals surface area contributed by atoms with Crippen LogP contribution in [0.4, 0.5) is 5.95 Å². The first-order valence-electron chi connectivity index (χ1n) is 9.47. The van der Waals surface area contributed by atoms with E-state index >= 15 is 0 Å². The van der Waals surface area contributed by atoms with Gasteiger partial charge in [0, 0.05) is 38.6 Å². The maximum absolute atomic E-state index is 12.8. The van der Waals surface area contributed by atoms with Crippen molar-refractivity contribution in [2.24, 2.45) is 0 Å².